The van der Waals surface area contributed by atoms with E-state index in [2.05, 4.69) is 0 Å². The average Bonchev–Trinajstić information content (AvgIpc) is 2.89. The monoisotopic (exact) mass is 300 g/mol. The third kappa shape index (κ3) is 2.66. The van der Waals surface area contributed by atoms with Gasteiger partial charge in [-0.1, -0.05) is 12.1 Å². The van der Waals surface area contributed by atoms with E-state index >= 15 is 0 Å². The molecule has 0 aromatic heterocycles. The molecule has 1 aliphatic heterocycles. The highest BCUT2D eigenvalue weighted by atomic mass is 19.1. The lowest BCUT2D eigenvalue weighted by molar-refractivity contribution is 0.194. The standard InChI is InChI=1S/C17H14F2N2O/c18-13-3-1-11(2-4-13)17-8-15(22)10-21(17)16-6-5-14(19)7-12(16)9-20/h1-7,15,17,22H,8,10H2/t15-,17-/m0/s1. The number of nitrogens with zero attached hydrogens (tertiary/aromatic N) is 2. The van der Waals surface area contributed by atoms with Crippen LogP contribution in [-0.2, 0) is 0 Å². The van der Waals surface area contributed by atoms with E-state index in [4.69, 9.17) is 0 Å². The van der Waals surface area contributed by atoms with Gasteiger partial charge in [0.25, 0.3) is 0 Å². The summed E-state index contributed by atoms with van der Waals surface area (Å²) >= 11 is 0. The molecule has 0 saturated carbocycles. The van der Waals surface area contributed by atoms with E-state index < -0.39 is 11.9 Å². The highest BCUT2D eigenvalue weighted by molar-refractivity contribution is 5.61. The number of β-amino-alcohol motifs (C(OH)–C–C–N with tert-alkyl or cyclic N) is 1. The number of halogens is 2. The van der Waals surface area contributed by atoms with Gasteiger partial charge in [-0.25, -0.2) is 8.78 Å². The summed E-state index contributed by atoms with van der Waals surface area (Å²) in [5.41, 5.74) is 1.65. The minimum absolute atomic E-state index is 0.173. The number of nitriles is 1. The van der Waals surface area contributed by atoms with Gasteiger partial charge in [0.05, 0.1) is 23.4 Å². The molecule has 1 N–H and O–H groups in total. The number of aliphatic hydroxyl groups excluding tert-OH is 1. The van der Waals surface area contributed by atoms with Crippen LogP contribution in [0.3, 0.4) is 0 Å². The topological polar surface area (TPSA) is 47.3 Å². The second-order valence-electron chi connectivity index (χ2n) is 5.38. The zero-order chi connectivity index (χ0) is 15.7. The van der Waals surface area contributed by atoms with E-state index in [-0.39, 0.29) is 17.4 Å². The Bertz CT molecular complexity index is 724. The van der Waals surface area contributed by atoms with Gasteiger partial charge in [0.2, 0.25) is 0 Å². The van der Waals surface area contributed by atoms with Gasteiger partial charge in [-0.15, -0.1) is 0 Å². The molecule has 0 aliphatic carbocycles. The molecule has 2 aromatic carbocycles. The van der Waals surface area contributed by atoms with Crippen LogP contribution in [0.15, 0.2) is 42.5 Å². The largest absolute Gasteiger partial charge is 0.391 e. The van der Waals surface area contributed by atoms with Crippen molar-refractivity contribution >= 4 is 5.69 Å². The van der Waals surface area contributed by atoms with E-state index in [1.54, 1.807) is 18.2 Å². The van der Waals surface area contributed by atoms with Crippen molar-refractivity contribution in [2.45, 2.75) is 18.6 Å². The summed E-state index contributed by atoms with van der Waals surface area (Å²) in [6.45, 7) is 0.350. The molecule has 112 valence electrons. The number of hydrogen-bond acceptors (Lipinski definition) is 3. The van der Waals surface area contributed by atoms with Crippen molar-refractivity contribution in [1.82, 2.24) is 0 Å². The molecule has 2 atom stereocenters. The minimum atomic E-state index is -0.549. The first-order chi connectivity index (χ1) is 10.6. The van der Waals surface area contributed by atoms with E-state index in [1.165, 1.54) is 24.3 Å². The fraction of sp³-hybridized carbons (Fsp3) is 0.235. The zero-order valence-electron chi connectivity index (χ0n) is 11.7. The first kappa shape index (κ1) is 14.5. The first-order valence-corrected chi connectivity index (χ1v) is 6.98. The van der Waals surface area contributed by atoms with Crippen molar-refractivity contribution in [1.29, 1.82) is 5.26 Å². The molecule has 1 heterocycles. The summed E-state index contributed by atoms with van der Waals surface area (Å²) in [5.74, 6) is -0.799. The van der Waals surface area contributed by atoms with Crippen molar-refractivity contribution in [3.63, 3.8) is 0 Å². The van der Waals surface area contributed by atoms with Gasteiger partial charge in [0.1, 0.15) is 17.7 Å². The molecule has 0 bridgehead atoms. The lowest BCUT2D eigenvalue weighted by Gasteiger charge is -2.27. The smallest absolute Gasteiger partial charge is 0.124 e. The van der Waals surface area contributed by atoms with E-state index in [9.17, 15) is 19.1 Å². The van der Waals surface area contributed by atoms with Crippen molar-refractivity contribution in [2.75, 3.05) is 11.4 Å². The predicted octanol–water partition coefficient (Wildman–Crippen LogP) is 3.15. The molecule has 1 fully saturated rings. The summed E-state index contributed by atoms with van der Waals surface area (Å²) in [5, 5.41) is 19.2. The molecule has 3 rings (SSSR count). The molecule has 3 nitrogen and oxygen atoms in total. The third-order valence-corrected chi connectivity index (χ3v) is 3.92. The van der Waals surface area contributed by atoms with Crippen LogP contribution in [0.25, 0.3) is 0 Å². The van der Waals surface area contributed by atoms with Crippen molar-refractivity contribution in [2.24, 2.45) is 0 Å². The Morgan fingerprint density at radius 3 is 2.45 bits per heavy atom. The van der Waals surface area contributed by atoms with Gasteiger partial charge in [0, 0.05) is 6.54 Å². The quantitative estimate of drug-likeness (QED) is 0.927. The highest BCUT2D eigenvalue weighted by Gasteiger charge is 2.33. The first-order valence-electron chi connectivity index (χ1n) is 6.98. The Morgan fingerprint density at radius 2 is 1.77 bits per heavy atom. The Hall–Kier alpha value is -2.45. The molecule has 22 heavy (non-hydrogen) atoms. The van der Waals surface area contributed by atoms with Gasteiger partial charge >= 0.3 is 0 Å². The van der Waals surface area contributed by atoms with Gasteiger partial charge in [-0.2, -0.15) is 5.26 Å². The van der Waals surface area contributed by atoms with Crippen LogP contribution in [0.5, 0.6) is 0 Å². The number of aliphatic hydroxyl groups is 1. The fourth-order valence-electron chi connectivity index (χ4n) is 2.93. The molecular weight excluding hydrogens is 286 g/mol. The summed E-state index contributed by atoms with van der Waals surface area (Å²) in [6.07, 6.45) is -0.0694. The molecule has 0 amide bonds. The highest BCUT2D eigenvalue weighted by Crippen LogP contribution is 2.37. The summed E-state index contributed by atoms with van der Waals surface area (Å²) in [6, 6.07) is 11.9. The van der Waals surface area contributed by atoms with E-state index in [0.29, 0.717) is 18.7 Å². The zero-order valence-corrected chi connectivity index (χ0v) is 11.7. The second-order valence-corrected chi connectivity index (χ2v) is 5.38. The normalized spacial score (nSPS) is 20.9. The van der Waals surface area contributed by atoms with Gasteiger partial charge in [0.15, 0.2) is 0 Å². The van der Waals surface area contributed by atoms with Crippen molar-refractivity contribution < 1.29 is 13.9 Å². The van der Waals surface area contributed by atoms with E-state index in [1.807, 2.05) is 11.0 Å². The molecule has 1 aliphatic rings. The van der Waals surface area contributed by atoms with E-state index in [0.717, 1.165) is 5.56 Å². The Kier molecular flexibility index (Phi) is 3.78. The van der Waals surface area contributed by atoms with Gasteiger partial charge in [-0.3, -0.25) is 0 Å². The molecule has 5 heteroatoms. The Labute approximate surface area is 127 Å². The molecule has 1 saturated heterocycles. The Balaban J connectivity index is 2.01. The van der Waals surface area contributed by atoms with Crippen molar-refractivity contribution in [3.05, 3.63) is 65.2 Å². The molecule has 0 spiro atoms. The minimum Gasteiger partial charge on any atom is -0.391 e. The van der Waals surface area contributed by atoms with Crippen LogP contribution in [0.1, 0.15) is 23.6 Å². The predicted molar refractivity (Wildman–Crippen MR) is 78.2 cm³/mol. The van der Waals surface area contributed by atoms with Crippen LogP contribution in [0.4, 0.5) is 14.5 Å². The third-order valence-electron chi connectivity index (χ3n) is 3.92. The number of hydrogen-bond donors (Lipinski definition) is 1. The van der Waals surface area contributed by atoms with Gasteiger partial charge in [-0.05, 0) is 42.3 Å². The lowest BCUT2D eigenvalue weighted by atomic mass is 10.0. The maximum atomic E-state index is 13.3. The van der Waals surface area contributed by atoms with Crippen LogP contribution < -0.4 is 4.90 Å². The summed E-state index contributed by atoms with van der Waals surface area (Å²) < 4.78 is 26.4. The number of rotatable bonds is 2. The van der Waals surface area contributed by atoms with Crippen LogP contribution in [0, 0.1) is 23.0 Å². The SMILES string of the molecule is N#Cc1cc(F)ccc1N1C[C@@H](O)C[C@H]1c1ccc(F)cc1. The van der Waals surface area contributed by atoms with Crippen molar-refractivity contribution in [3.8, 4) is 6.07 Å². The maximum absolute atomic E-state index is 13.3. The number of benzene rings is 2. The molecule has 2 aromatic rings. The fourth-order valence-corrected chi connectivity index (χ4v) is 2.93. The van der Waals surface area contributed by atoms with Crippen LogP contribution in [-0.4, -0.2) is 17.8 Å². The van der Waals surface area contributed by atoms with Crippen LogP contribution in [0.2, 0.25) is 0 Å². The molecule has 0 radical (unpaired) electrons. The van der Waals surface area contributed by atoms with Crippen LogP contribution >= 0.6 is 0 Å². The summed E-state index contributed by atoms with van der Waals surface area (Å²) in [7, 11) is 0. The molecular formula is C17H14F2N2O. The second kappa shape index (κ2) is 5.74. The summed E-state index contributed by atoms with van der Waals surface area (Å²) in [4.78, 5) is 1.87. The maximum Gasteiger partial charge on any atom is 0.124 e. The average molecular weight is 300 g/mol. The Morgan fingerprint density at radius 1 is 1.09 bits per heavy atom. The number of anilines is 1. The lowest BCUT2D eigenvalue weighted by Crippen LogP contribution is -2.25. The molecule has 0 unspecified atom stereocenters. The van der Waals surface area contributed by atoms with Gasteiger partial charge < -0.3 is 10.0 Å².